The van der Waals surface area contributed by atoms with E-state index in [4.69, 9.17) is 21.4 Å². The van der Waals surface area contributed by atoms with Gasteiger partial charge in [0.05, 0.1) is 12.1 Å². The molecule has 1 rings (SSSR count). The highest BCUT2D eigenvalue weighted by atomic mass is 35.5. The fourth-order valence-corrected chi connectivity index (χ4v) is 1.99. The van der Waals surface area contributed by atoms with Gasteiger partial charge in [0.2, 0.25) is 0 Å². The molecule has 116 valence electrons. The average molecular weight is 315 g/mol. The van der Waals surface area contributed by atoms with E-state index in [0.29, 0.717) is 22.9 Å². The van der Waals surface area contributed by atoms with Crippen LogP contribution in [0.5, 0.6) is 5.75 Å². The second-order valence-corrected chi connectivity index (χ2v) is 5.06. The van der Waals surface area contributed by atoms with Crippen molar-refractivity contribution in [3.63, 3.8) is 0 Å². The maximum atomic E-state index is 11.9. The van der Waals surface area contributed by atoms with Crippen molar-refractivity contribution in [3.05, 3.63) is 23.2 Å². The normalized spacial score (nSPS) is 13.1. The van der Waals surface area contributed by atoms with Crippen LogP contribution in [0, 0.1) is 5.92 Å². The predicted octanol–water partition coefficient (Wildman–Crippen LogP) is 2.97. The van der Waals surface area contributed by atoms with E-state index in [1.54, 1.807) is 19.1 Å². The molecule has 21 heavy (non-hydrogen) atoms. The van der Waals surface area contributed by atoms with Crippen molar-refractivity contribution in [2.45, 2.75) is 26.3 Å². The van der Waals surface area contributed by atoms with Gasteiger partial charge in [0.15, 0.2) is 0 Å². The number of carboxylic acid groups (broad SMARTS) is 1. The lowest BCUT2D eigenvalue weighted by Crippen LogP contribution is -2.46. The standard InChI is InChI=1S/C14H19ClN2O4/c1-4-8(2)12(13(18)19)17-14(20)16-9-5-6-11(21-3)10(15)7-9/h5-8,12H,4H2,1-3H3,(H,18,19)(H2,16,17,20)/t8?,12-/m0/s1. The van der Waals surface area contributed by atoms with Gasteiger partial charge in [0.1, 0.15) is 11.8 Å². The van der Waals surface area contributed by atoms with Gasteiger partial charge in [-0.1, -0.05) is 31.9 Å². The molecule has 2 amide bonds. The summed E-state index contributed by atoms with van der Waals surface area (Å²) >= 11 is 5.95. The Balaban J connectivity index is 2.72. The number of hydrogen-bond acceptors (Lipinski definition) is 3. The number of carbonyl (C=O) groups excluding carboxylic acids is 1. The number of anilines is 1. The molecule has 0 bridgehead atoms. The third kappa shape index (κ3) is 4.82. The Morgan fingerprint density at radius 3 is 2.57 bits per heavy atom. The summed E-state index contributed by atoms with van der Waals surface area (Å²) in [5, 5.41) is 14.5. The van der Waals surface area contributed by atoms with Crippen molar-refractivity contribution < 1.29 is 19.4 Å². The van der Waals surface area contributed by atoms with Crippen molar-refractivity contribution in [2.75, 3.05) is 12.4 Å². The van der Waals surface area contributed by atoms with Crippen LogP contribution in [0.25, 0.3) is 0 Å². The van der Waals surface area contributed by atoms with Crippen molar-refractivity contribution in [1.82, 2.24) is 5.32 Å². The molecular weight excluding hydrogens is 296 g/mol. The molecule has 6 nitrogen and oxygen atoms in total. The van der Waals surface area contributed by atoms with Gasteiger partial charge >= 0.3 is 12.0 Å². The molecule has 0 spiro atoms. The van der Waals surface area contributed by atoms with Crippen LogP contribution in [0.4, 0.5) is 10.5 Å². The zero-order valence-corrected chi connectivity index (χ0v) is 12.9. The first-order chi connectivity index (χ1) is 9.88. The predicted molar refractivity (Wildman–Crippen MR) is 81.0 cm³/mol. The van der Waals surface area contributed by atoms with Crippen LogP contribution >= 0.6 is 11.6 Å². The van der Waals surface area contributed by atoms with E-state index in [1.165, 1.54) is 13.2 Å². The van der Waals surface area contributed by atoms with Crippen LogP contribution in [0.1, 0.15) is 20.3 Å². The molecular formula is C14H19ClN2O4. The SMILES string of the molecule is CCC(C)[C@H](NC(=O)Nc1ccc(OC)c(Cl)c1)C(=O)O. The molecule has 7 heteroatoms. The first-order valence-electron chi connectivity index (χ1n) is 6.52. The minimum absolute atomic E-state index is 0.173. The number of halogens is 1. The first kappa shape index (κ1) is 17.1. The zero-order valence-electron chi connectivity index (χ0n) is 12.1. The molecule has 1 aromatic carbocycles. The molecule has 0 heterocycles. The Hall–Kier alpha value is -1.95. The monoisotopic (exact) mass is 314 g/mol. The van der Waals surface area contributed by atoms with Crippen molar-refractivity contribution in [2.24, 2.45) is 5.92 Å². The van der Waals surface area contributed by atoms with Crippen LogP contribution in [-0.2, 0) is 4.79 Å². The number of methoxy groups -OCH3 is 1. The number of nitrogens with one attached hydrogen (secondary N) is 2. The summed E-state index contributed by atoms with van der Waals surface area (Å²) in [4.78, 5) is 23.0. The summed E-state index contributed by atoms with van der Waals surface area (Å²) in [6.45, 7) is 3.63. The van der Waals surface area contributed by atoms with E-state index in [-0.39, 0.29) is 5.92 Å². The third-order valence-corrected chi connectivity index (χ3v) is 3.47. The van der Waals surface area contributed by atoms with Gasteiger partial charge in [-0.3, -0.25) is 0 Å². The van der Waals surface area contributed by atoms with Gasteiger partial charge in [-0.2, -0.15) is 0 Å². The Kier molecular flexibility index (Phi) is 6.30. The van der Waals surface area contributed by atoms with Crippen LogP contribution in [0.15, 0.2) is 18.2 Å². The minimum Gasteiger partial charge on any atom is -0.495 e. The van der Waals surface area contributed by atoms with Crippen molar-refractivity contribution >= 4 is 29.3 Å². The number of hydrogen-bond donors (Lipinski definition) is 3. The topological polar surface area (TPSA) is 87.7 Å². The van der Waals surface area contributed by atoms with Gasteiger partial charge in [-0.25, -0.2) is 9.59 Å². The molecule has 0 aliphatic carbocycles. The van der Waals surface area contributed by atoms with E-state index in [1.807, 2.05) is 6.92 Å². The maximum Gasteiger partial charge on any atom is 0.326 e. The first-order valence-corrected chi connectivity index (χ1v) is 6.90. The molecule has 3 N–H and O–H groups in total. The molecule has 0 saturated carbocycles. The Bertz CT molecular complexity index is 522. The second kappa shape index (κ2) is 7.73. The van der Waals surface area contributed by atoms with Crippen LogP contribution in [0.3, 0.4) is 0 Å². The summed E-state index contributed by atoms with van der Waals surface area (Å²) in [6, 6.07) is 3.22. The molecule has 0 aliphatic heterocycles. The molecule has 2 atom stereocenters. The largest absolute Gasteiger partial charge is 0.495 e. The number of benzene rings is 1. The van der Waals surface area contributed by atoms with Gasteiger partial charge < -0.3 is 20.5 Å². The fraction of sp³-hybridized carbons (Fsp3) is 0.429. The van der Waals surface area contributed by atoms with E-state index in [2.05, 4.69) is 10.6 Å². The molecule has 1 aromatic rings. The fourth-order valence-electron chi connectivity index (χ4n) is 1.74. The molecule has 0 aromatic heterocycles. The van der Waals surface area contributed by atoms with Gasteiger partial charge in [-0.05, 0) is 24.1 Å². The van der Waals surface area contributed by atoms with E-state index >= 15 is 0 Å². The number of urea groups is 1. The lowest BCUT2D eigenvalue weighted by molar-refractivity contribution is -0.140. The van der Waals surface area contributed by atoms with Gasteiger partial charge in [-0.15, -0.1) is 0 Å². The molecule has 0 fully saturated rings. The molecule has 0 aliphatic rings. The number of aliphatic carboxylic acids is 1. The van der Waals surface area contributed by atoms with Crippen LogP contribution < -0.4 is 15.4 Å². The number of amides is 2. The lowest BCUT2D eigenvalue weighted by Gasteiger charge is -2.20. The Labute approximate surface area is 128 Å². The summed E-state index contributed by atoms with van der Waals surface area (Å²) in [5.41, 5.74) is 0.451. The number of carbonyl (C=O) groups is 2. The maximum absolute atomic E-state index is 11.9. The number of rotatable bonds is 6. The summed E-state index contributed by atoms with van der Waals surface area (Å²) in [7, 11) is 1.49. The van der Waals surface area contributed by atoms with E-state index in [0.717, 1.165) is 0 Å². The molecule has 0 saturated heterocycles. The smallest absolute Gasteiger partial charge is 0.326 e. The highest BCUT2D eigenvalue weighted by Crippen LogP contribution is 2.27. The van der Waals surface area contributed by atoms with Gasteiger partial charge in [0, 0.05) is 5.69 Å². The average Bonchev–Trinajstić information content (AvgIpc) is 2.44. The highest BCUT2D eigenvalue weighted by Gasteiger charge is 2.25. The Morgan fingerprint density at radius 1 is 1.43 bits per heavy atom. The summed E-state index contributed by atoms with van der Waals surface area (Å²) < 4.78 is 5.01. The van der Waals surface area contributed by atoms with E-state index in [9.17, 15) is 9.59 Å². The number of carboxylic acids is 1. The summed E-state index contributed by atoms with van der Waals surface area (Å²) in [5.74, 6) is -0.745. The van der Waals surface area contributed by atoms with Crippen molar-refractivity contribution in [3.8, 4) is 5.75 Å². The quantitative estimate of drug-likeness (QED) is 0.753. The lowest BCUT2D eigenvalue weighted by atomic mass is 9.99. The van der Waals surface area contributed by atoms with Crippen LogP contribution in [0.2, 0.25) is 5.02 Å². The van der Waals surface area contributed by atoms with Gasteiger partial charge in [0.25, 0.3) is 0 Å². The second-order valence-electron chi connectivity index (χ2n) is 4.65. The summed E-state index contributed by atoms with van der Waals surface area (Å²) in [6.07, 6.45) is 0.644. The Morgan fingerprint density at radius 2 is 2.10 bits per heavy atom. The molecule has 0 radical (unpaired) electrons. The number of ether oxygens (including phenoxy) is 1. The molecule has 1 unspecified atom stereocenters. The third-order valence-electron chi connectivity index (χ3n) is 3.18. The van der Waals surface area contributed by atoms with E-state index < -0.39 is 18.0 Å². The highest BCUT2D eigenvalue weighted by molar-refractivity contribution is 6.32. The van der Waals surface area contributed by atoms with Crippen LogP contribution in [-0.4, -0.2) is 30.3 Å². The minimum atomic E-state index is -1.06. The zero-order chi connectivity index (χ0) is 16.0. The van der Waals surface area contributed by atoms with Crippen molar-refractivity contribution in [1.29, 1.82) is 0 Å².